The van der Waals surface area contributed by atoms with Crippen molar-refractivity contribution in [2.24, 2.45) is 12.9 Å². The van der Waals surface area contributed by atoms with E-state index in [-0.39, 0.29) is 5.82 Å². The Bertz CT molecular complexity index is 480. The Hall–Kier alpha value is -1.95. The van der Waals surface area contributed by atoms with Crippen molar-refractivity contribution in [3.8, 4) is 11.1 Å². The number of nitrogen functional groups attached to an aromatic ring is 1. The molecule has 0 saturated carbocycles. The van der Waals surface area contributed by atoms with Crippen molar-refractivity contribution >= 4 is 5.82 Å². The fourth-order valence-electron chi connectivity index (χ4n) is 1.27. The molecule has 2 rings (SSSR count). The third kappa shape index (κ3) is 3.01. The first-order valence-electron chi connectivity index (χ1n) is 5.32. The number of rotatable bonds is 2. The first kappa shape index (κ1) is 13.1. The van der Waals surface area contributed by atoms with Crippen molar-refractivity contribution < 1.29 is 4.39 Å². The van der Waals surface area contributed by atoms with Crippen molar-refractivity contribution in [1.29, 1.82) is 0 Å². The summed E-state index contributed by atoms with van der Waals surface area (Å²) < 4.78 is 15.0. The van der Waals surface area contributed by atoms with Crippen LogP contribution in [0.2, 0.25) is 0 Å². The summed E-state index contributed by atoms with van der Waals surface area (Å²) in [7, 11) is 1.79. The largest absolute Gasteiger partial charge is 0.306 e. The highest BCUT2D eigenvalue weighted by Gasteiger charge is 2.06. The molecule has 0 aliphatic rings. The molecule has 2 aromatic heterocycles. The quantitative estimate of drug-likeness (QED) is 0.618. The lowest BCUT2D eigenvalue weighted by Crippen LogP contribution is -2.10. The Kier molecular flexibility index (Phi) is 4.59. The summed E-state index contributed by atoms with van der Waals surface area (Å²) in [5, 5.41) is 3.99. The van der Waals surface area contributed by atoms with E-state index >= 15 is 0 Å². The summed E-state index contributed by atoms with van der Waals surface area (Å²) >= 11 is 0. The van der Waals surface area contributed by atoms with E-state index in [2.05, 4.69) is 15.5 Å². The Morgan fingerprint density at radius 2 is 2.00 bits per heavy atom. The van der Waals surface area contributed by atoms with Crippen LogP contribution in [0.25, 0.3) is 11.1 Å². The van der Waals surface area contributed by atoms with E-state index in [0.717, 1.165) is 5.56 Å². The summed E-state index contributed by atoms with van der Waals surface area (Å²) in [6.45, 7) is 4.00. The van der Waals surface area contributed by atoms with E-state index in [1.54, 1.807) is 24.1 Å². The van der Waals surface area contributed by atoms with Gasteiger partial charge in [0.1, 0.15) is 0 Å². The summed E-state index contributed by atoms with van der Waals surface area (Å²) in [4.78, 5) is 3.83. The van der Waals surface area contributed by atoms with Crippen LogP contribution in [0.3, 0.4) is 0 Å². The minimum atomic E-state index is -0.487. The summed E-state index contributed by atoms with van der Waals surface area (Å²) in [5.41, 5.74) is 3.65. The van der Waals surface area contributed by atoms with Crippen LogP contribution in [-0.2, 0) is 7.05 Å². The number of hydrogen-bond donors (Lipinski definition) is 2. The lowest BCUT2D eigenvalue weighted by molar-refractivity contribution is 0.625. The topological polar surface area (TPSA) is 68.8 Å². The molecule has 0 radical (unpaired) electrons. The molecule has 0 aliphatic carbocycles. The van der Waals surface area contributed by atoms with E-state index < -0.39 is 5.82 Å². The van der Waals surface area contributed by atoms with E-state index in [9.17, 15) is 4.39 Å². The van der Waals surface area contributed by atoms with Gasteiger partial charge >= 0.3 is 0 Å². The van der Waals surface area contributed by atoms with Crippen LogP contribution in [0.4, 0.5) is 10.2 Å². The van der Waals surface area contributed by atoms with Gasteiger partial charge in [0.25, 0.3) is 0 Å². The molecule has 0 atom stereocenters. The molecule has 6 heteroatoms. The number of halogens is 1. The lowest BCUT2D eigenvalue weighted by Gasteiger charge is -2.02. The number of hydrogen-bond acceptors (Lipinski definition) is 4. The number of anilines is 1. The Morgan fingerprint density at radius 1 is 1.29 bits per heavy atom. The maximum Gasteiger partial charge on any atom is 0.176 e. The molecule has 0 aliphatic heterocycles. The highest BCUT2D eigenvalue weighted by atomic mass is 19.1. The highest BCUT2D eigenvalue weighted by molar-refractivity contribution is 5.62. The fourth-order valence-corrected chi connectivity index (χ4v) is 1.27. The number of nitrogens with zero attached hydrogens (tertiary/aromatic N) is 3. The zero-order chi connectivity index (χ0) is 12.8. The molecular weight excluding hydrogens is 221 g/mol. The van der Waals surface area contributed by atoms with Crippen molar-refractivity contribution in [3.05, 3.63) is 30.5 Å². The first-order chi connectivity index (χ1) is 8.20. The summed E-state index contributed by atoms with van der Waals surface area (Å²) in [6, 6.07) is 1.36. The summed E-state index contributed by atoms with van der Waals surface area (Å²) in [6.07, 6.45) is 4.97. The molecule has 0 saturated heterocycles. The molecule has 92 valence electrons. The number of nitrogens with one attached hydrogen (secondary N) is 1. The van der Waals surface area contributed by atoms with Crippen molar-refractivity contribution in [2.45, 2.75) is 13.8 Å². The SMILES string of the molecule is CC.Cn1cc(-c2cnc(NN)c(F)c2)cn1. The maximum atomic E-state index is 13.3. The Balaban J connectivity index is 0.000000686. The number of aryl methyl sites for hydroxylation is 1. The van der Waals surface area contributed by atoms with Gasteiger partial charge in [-0.2, -0.15) is 5.10 Å². The van der Waals surface area contributed by atoms with Gasteiger partial charge in [0.05, 0.1) is 6.20 Å². The van der Waals surface area contributed by atoms with Crippen LogP contribution in [0.5, 0.6) is 0 Å². The normalized spacial score (nSPS) is 9.47. The third-order valence-corrected chi connectivity index (χ3v) is 2.02. The molecule has 2 heterocycles. The van der Waals surface area contributed by atoms with E-state index in [4.69, 9.17) is 5.84 Å². The molecule has 3 N–H and O–H groups in total. The molecular formula is C11H16FN5. The van der Waals surface area contributed by atoms with Gasteiger partial charge in [-0.25, -0.2) is 15.2 Å². The van der Waals surface area contributed by atoms with Crippen molar-refractivity contribution in [1.82, 2.24) is 14.8 Å². The van der Waals surface area contributed by atoms with Crippen LogP contribution < -0.4 is 11.3 Å². The van der Waals surface area contributed by atoms with Gasteiger partial charge in [0, 0.05) is 30.6 Å². The number of nitrogens with two attached hydrogens (primary N) is 1. The number of aromatic nitrogens is 3. The van der Waals surface area contributed by atoms with Gasteiger partial charge in [-0.15, -0.1) is 0 Å². The van der Waals surface area contributed by atoms with Crippen molar-refractivity contribution in [2.75, 3.05) is 5.43 Å². The second-order valence-electron chi connectivity index (χ2n) is 3.10. The first-order valence-corrected chi connectivity index (χ1v) is 5.32. The van der Waals surface area contributed by atoms with Crippen LogP contribution in [0, 0.1) is 5.82 Å². The van der Waals surface area contributed by atoms with Gasteiger partial charge in [0.2, 0.25) is 0 Å². The monoisotopic (exact) mass is 237 g/mol. The standard InChI is InChI=1S/C9H10FN5.C2H6/c1-15-5-7(4-13-15)6-2-8(10)9(14-11)12-3-6;1-2/h2-5H,11H2,1H3,(H,12,14);1-2H3. The predicted octanol–water partition coefficient (Wildman–Crippen LogP) is 1.93. The lowest BCUT2D eigenvalue weighted by atomic mass is 10.1. The molecule has 0 spiro atoms. The molecule has 5 nitrogen and oxygen atoms in total. The van der Waals surface area contributed by atoms with Crippen LogP contribution in [-0.4, -0.2) is 14.8 Å². The molecule has 0 fully saturated rings. The molecule has 0 bridgehead atoms. The van der Waals surface area contributed by atoms with E-state index in [1.807, 2.05) is 13.8 Å². The van der Waals surface area contributed by atoms with Gasteiger partial charge in [-0.1, -0.05) is 13.8 Å². The molecule has 0 amide bonds. The van der Waals surface area contributed by atoms with E-state index in [0.29, 0.717) is 5.56 Å². The number of hydrazine groups is 1. The molecule has 0 aromatic carbocycles. The van der Waals surface area contributed by atoms with Gasteiger partial charge in [-0.05, 0) is 6.07 Å². The molecule has 17 heavy (non-hydrogen) atoms. The zero-order valence-corrected chi connectivity index (χ0v) is 10.1. The molecule has 2 aromatic rings. The van der Waals surface area contributed by atoms with Crippen LogP contribution in [0.15, 0.2) is 24.7 Å². The molecule has 0 unspecified atom stereocenters. The zero-order valence-electron chi connectivity index (χ0n) is 10.1. The number of pyridine rings is 1. The minimum absolute atomic E-state index is 0.0302. The second-order valence-corrected chi connectivity index (χ2v) is 3.10. The van der Waals surface area contributed by atoms with Crippen LogP contribution in [0.1, 0.15) is 13.8 Å². The fraction of sp³-hybridized carbons (Fsp3) is 0.273. The predicted molar refractivity (Wildman–Crippen MR) is 65.6 cm³/mol. The second kappa shape index (κ2) is 5.95. The maximum absolute atomic E-state index is 13.3. The smallest absolute Gasteiger partial charge is 0.176 e. The highest BCUT2D eigenvalue weighted by Crippen LogP contribution is 2.20. The Morgan fingerprint density at radius 3 is 2.47 bits per heavy atom. The van der Waals surface area contributed by atoms with Gasteiger partial charge in [-0.3, -0.25) is 4.68 Å². The third-order valence-electron chi connectivity index (χ3n) is 2.02. The van der Waals surface area contributed by atoms with E-state index in [1.165, 1.54) is 12.3 Å². The average molecular weight is 237 g/mol. The van der Waals surface area contributed by atoms with Crippen LogP contribution >= 0.6 is 0 Å². The average Bonchev–Trinajstić information content (AvgIpc) is 2.78. The van der Waals surface area contributed by atoms with Gasteiger partial charge in [0.15, 0.2) is 11.6 Å². The van der Waals surface area contributed by atoms with Crippen molar-refractivity contribution in [3.63, 3.8) is 0 Å². The van der Waals surface area contributed by atoms with Gasteiger partial charge < -0.3 is 5.43 Å². The minimum Gasteiger partial charge on any atom is -0.306 e. The Labute approximate surface area is 99.4 Å². The summed E-state index contributed by atoms with van der Waals surface area (Å²) in [5.74, 6) is 4.62.